The van der Waals surface area contributed by atoms with Crippen LogP contribution in [-0.4, -0.2) is 62.9 Å². The summed E-state index contributed by atoms with van der Waals surface area (Å²) in [5.41, 5.74) is 1.67. The van der Waals surface area contributed by atoms with Crippen molar-refractivity contribution in [2.75, 3.05) is 39.4 Å². The van der Waals surface area contributed by atoms with Crippen molar-refractivity contribution in [3.8, 4) is 11.5 Å². The molecule has 0 saturated carbocycles. The van der Waals surface area contributed by atoms with Crippen molar-refractivity contribution >= 4 is 28.1 Å². The van der Waals surface area contributed by atoms with Crippen LogP contribution >= 0.6 is 0 Å². The first kappa shape index (κ1) is 22.1. The minimum Gasteiger partial charge on any atom is -0.490 e. The molecule has 0 spiro atoms. The fourth-order valence-corrected chi connectivity index (χ4v) is 4.71. The second-order valence-corrected chi connectivity index (χ2v) is 9.39. The van der Waals surface area contributed by atoms with Gasteiger partial charge >= 0.3 is 0 Å². The SMILES string of the molecule is O=C(/C=C/c1ccc2c(c1)OCCCO2)N1CCN(S(=O)(=O)/C=C/c2ccccc2)CC1. The first-order valence-electron chi connectivity index (χ1n) is 10.6. The molecule has 2 aliphatic heterocycles. The molecule has 0 aromatic heterocycles. The Labute approximate surface area is 188 Å². The van der Waals surface area contributed by atoms with Crippen molar-refractivity contribution in [1.82, 2.24) is 9.21 Å². The Morgan fingerprint density at radius 3 is 2.31 bits per heavy atom. The van der Waals surface area contributed by atoms with Crippen molar-refractivity contribution in [3.05, 3.63) is 71.1 Å². The number of ether oxygens (including phenoxy) is 2. The average Bonchev–Trinajstić information content (AvgIpc) is 3.07. The second kappa shape index (κ2) is 10.0. The zero-order valence-electron chi connectivity index (χ0n) is 17.7. The molecule has 8 heteroatoms. The summed E-state index contributed by atoms with van der Waals surface area (Å²) < 4.78 is 37.9. The monoisotopic (exact) mass is 454 g/mol. The largest absolute Gasteiger partial charge is 0.490 e. The summed E-state index contributed by atoms with van der Waals surface area (Å²) in [5, 5.41) is 1.23. The number of carbonyl (C=O) groups excluding carboxylic acids is 1. The molecule has 0 bridgehead atoms. The highest BCUT2D eigenvalue weighted by Crippen LogP contribution is 2.30. The molecule has 2 heterocycles. The molecule has 1 saturated heterocycles. The van der Waals surface area contributed by atoms with Gasteiger partial charge in [0.25, 0.3) is 0 Å². The number of benzene rings is 2. The van der Waals surface area contributed by atoms with E-state index in [-0.39, 0.29) is 19.0 Å². The Bertz CT molecular complexity index is 1100. The molecule has 1 amide bonds. The van der Waals surface area contributed by atoms with E-state index < -0.39 is 10.0 Å². The van der Waals surface area contributed by atoms with Crippen LogP contribution in [0.2, 0.25) is 0 Å². The predicted molar refractivity (Wildman–Crippen MR) is 124 cm³/mol. The van der Waals surface area contributed by atoms with E-state index in [9.17, 15) is 13.2 Å². The van der Waals surface area contributed by atoms with E-state index in [1.807, 2.05) is 48.5 Å². The first-order chi connectivity index (χ1) is 15.5. The molecular formula is C24H26N2O5S. The van der Waals surface area contributed by atoms with Crippen LogP contribution in [0.3, 0.4) is 0 Å². The predicted octanol–water partition coefficient (Wildman–Crippen LogP) is 3.01. The Balaban J connectivity index is 1.32. The standard InChI is InChI=1S/C24H26N2O5S/c27-24(10-8-21-7-9-22-23(19-21)31-17-4-16-30-22)25-12-14-26(15-13-25)32(28,29)18-11-20-5-2-1-3-6-20/h1-3,5-11,18-19H,4,12-17H2/b10-8+,18-11+. The smallest absolute Gasteiger partial charge is 0.246 e. The maximum atomic E-state index is 12.6. The van der Waals surface area contributed by atoms with Crippen molar-refractivity contribution in [2.24, 2.45) is 0 Å². The van der Waals surface area contributed by atoms with Gasteiger partial charge in [0.05, 0.1) is 13.2 Å². The summed E-state index contributed by atoms with van der Waals surface area (Å²) in [7, 11) is -3.53. The quantitative estimate of drug-likeness (QED) is 0.650. The van der Waals surface area contributed by atoms with Crippen LogP contribution in [0.4, 0.5) is 0 Å². The van der Waals surface area contributed by atoms with Gasteiger partial charge in [-0.3, -0.25) is 4.79 Å². The minimum atomic E-state index is -3.53. The molecule has 2 aromatic carbocycles. The summed E-state index contributed by atoms with van der Waals surface area (Å²) in [6.07, 6.45) is 5.67. The van der Waals surface area contributed by atoms with Crippen LogP contribution in [0.1, 0.15) is 17.5 Å². The normalized spacial score (nSPS) is 17.6. The highest BCUT2D eigenvalue weighted by molar-refractivity contribution is 7.92. The number of carbonyl (C=O) groups is 1. The molecule has 2 aromatic rings. The van der Waals surface area contributed by atoms with Crippen LogP contribution in [0.15, 0.2) is 60.0 Å². The van der Waals surface area contributed by atoms with E-state index in [1.54, 1.807) is 17.1 Å². The van der Waals surface area contributed by atoms with E-state index in [4.69, 9.17) is 9.47 Å². The van der Waals surface area contributed by atoms with E-state index in [2.05, 4.69) is 0 Å². The van der Waals surface area contributed by atoms with Crippen molar-refractivity contribution in [3.63, 3.8) is 0 Å². The summed E-state index contributed by atoms with van der Waals surface area (Å²) in [6, 6.07) is 14.9. The van der Waals surface area contributed by atoms with Crippen LogP contribution in [0, 0.1) is 0 Å². The highest BCUT2D eigenvalue weighted by atomic mass is 32.2. The fraction of sp³-hybridized carbons (Fsp3) is 0.292. The van der Waals surface area contributed by atoms with Crippen molar-refractivity contribution in [2.45, 2.75) is 6.42 Å². The Morgan fingerprint density at radius 1 is 0.844 bits per heavy atom. The van der Waals surface area contributed by atoms with E-state index in [0.29, 0.717) is 37.8 Å². The number of hydrogen-bond donors (Lipinski definition) is 0. The van der Waals surface area contributed by atoms with Crippen molar-refractivity contribution in [1.29, 1.82) is 0 Å². The summed E-state index contributed by atoms with van der Waals surface area (Å²) >= 11 is 0. The molecule has 0 N–H and O–H groups in total. The minimum absolute atomic E-state index is 0.144. The number of amides is 1. The lowest BCUT2D eigenvalue weighted by molar-refractivity contribution is -0.127. The lowest BCUT2D eigenvalue weighted by Gasteiger charge is -2.32. The second-order valence-electron chi connectivity index (χ2n) is 7.57. The molecule has 32 heavy (non-hydrogen) atoms. The van der Waals surface area contributed by atoms with Crippen LogP contribution in [-0.2, 0) is 14.8 Å². The fourth-order valence-electron chi connectivity index (χ4n) is 3.53. The van der Waals surface area contributed by atoms with E-state index in [0.717, 1.165) is 17.5 Å². The van der Waals surface area contributed by atoms with Gasteiger partial charge in [0, 0.05) is 44.1 Å². The zero-order valence-corrected chi connectivity index (χ0v) is 18.5. The summed E-state index contributed by atoms with van der Waals surface area (Å²) in [6.45, 7) is 2.47. The maximum absolute atomic E-state index is 12.6. The number of rotatable bonds is 5. The highest BCUT2D eigenvalue weighted by Gasteiger charge is 2.26. The molecular weight excluding hydrogens is 428 g/mol. The number of sulfonamides is 1. The molecule has 168 valence electrons. The molecule has 7 nitrogen and oxygen atoms in total. The van der Waals surface area contributed by atoms with Crippen LogP contribution in [0.5, 0.6) is 11.5 Å². The average molecular weight is 455 g/mol. The third-order valence-corrected chi connectivity index (χ3v) is 6.90. The Hall–Kier alpha value is -3.10. The van der Waals surface area contributed by atoms with Crippen LogP contribution < -0.4 is 9.47 Å². The number of hydrogen-bond acceptors (Lipinski definition) is 5. The van der Waals surface area contributed by atoms with Gasteiger partial charge in [-0.05, 0) is 35.4 Å². The van der Waals surface area contributed by atoms with E-state index in [1.165, 1.54) is 15.8 Å². The topological polar surface area (TPSA) is 76.2 Å². The molecule has 0 unspecified atom stereocenters. The summed E-state index contributed by atoms with van der Waals surface area (Å²) in [5.74, 6) is 1.25. The molecule has 2 aliphatic rings. The van der Waals surface area contributed by atoms with Gasteiger partial charge in [-0.1, -0.05) is 36.4 Å². The number of nitrogens with zero attached hydrogens (tertiary/aromatic N) is 2. The van der Waals surface area contributed by atoms with Gasteiger partial charge in [-0.25, -0.2) is 8.42 Å². The Kier molecular flexibility index (Phi) is 6.92. The van der Waals surface area contributed by atoms with Gasteiger partial charge in [0.1, 0.15) is 0 Å². The van der Waals surface area contributed by atoms with Crippen LogP contribution in [0.25, 0.3) is 12.2 Å². The third-order valence-electron chi connectivity index (χ3n) is 5.33. The summed E-state index contributed by atoms with van der Waals surface area (Å²) in [4.78, 5) is 14.2. The lowest BCUT2D eigenvalue weighted by atomic mass is 10.2. The molecule has 0 atom stereocenters. The first-order valence-corrected chi connectivity index (χ1v) is 12.1. The van der Waals surface area contributed by atoms with Gasteiger partial charge in [-0.2, -0.15) is 4.31 Å². The van der Waals surface area contributed by atoms with Gasteiger partial charge in [-0.15, -0.1) is 0 Å². The Morgan fingerprint density at radius 2 is 1.56 bits per heavy atom. The van der Waals surface area contributed by atoms with Gasteiger partial charge in [0.2, 0.25) is 15.9 Å². The molecule has 1 fully saturated rings. The number of fused-ring (bicyclic) bond motifs is 1. The zero-order chi connectivity index (χ0) is 22.4. The van der Waals surface area contributed by atoms with E-state index >= 15 is 0 Å². The molecule has 0 aliphatic carbocycles. The lowest BCUT2D eigenvalue weighted by Crippen LogP contribution is -2.49. The van der Waals surface area contributed by atoms with Gasteiger partial charge in [0.15, 0.2) is 11.5 Å². The van der Waals surface area contributed by atoms with Crippen molar-refractivity contribution < 1.29 is 22.7 Å². The van der Waals surface area contributed by atoms with Gasteiger partial charge < -0.3 is 14.4 Å². The molecule has 0 radical (unpaired) electrons. The third kappa shape index (κ3) is 5.57. The molecule has 4 rings (SSSR count). The maximum Gasteiger partial charge on any atom is 0.246 e. The number of piperazine rings is 1.